The van der Waals surface area contributed by atoms with Crippen LogP contribution in [0.1, 0.15) is 38.7 Å². The minimum absolute atomic E-state index is 0.0132. The number of rotatable bonds is 1. The summed E-state index contributed by atoms with van der Waals surface area (Å²) in [6.07, 6.45) is 4.30. The predicted octanol–water partition coefficient (Wildman–Crippen LogP) is 3.17. The first-order valence-corrected chi connectivity index (χ1v) is 8.56. The third-order valence-electron chi connectivity index (χ3n) is 7.68. The molecule has 0 aromatic heterocycles. The maximum atomic E-state index is 13.5. The molecule has 0 radical (unpaired) electrons. The van der Waals surface area contributed by atoms with Crippen LogP contribution in [0.3, 0.4) is 0 Å². The molecule has 0 spiro atoms. The molecule has 4 bridgehead atoms. The van der Waals surface area contributed by atoms with Gasteiger partial charge >= 0.3 is 0 Å². The Kier molecular flexibility index (Phi) is 2.24. The van der Waals surface area contributed by atoms with E-state index in [1.807, 2.05) is 11.0 Å². The molecule has 3 heteroatoms. The molecule has 3 nitrogen and oxygen atoms in total. The van der Waals surface area contributed by atoms with E-state index < -0.39 is 5.60 Å². The highest BCUT2D eigenvalue weighted by molar-refractivity contribution is 6.02. The summed E-state index contributed by atoms with van der Waals surface area (Å²) in [5, 5.41) is 0. The fourth-order valence-electron chi connectivity index (χ4n) is 6.00. The Morgan fingerprint density at radius 3 is 2.91 bits per heavy atom. The van der Waals surface area contributed by atoms with Gasteiger partial charge in [0.15, 0.2) is 5.60 Å². The molecule has 1 amide bonds. The molecule has 4 aliphatic rings. The summed E-state index contributed by atoms with van der Waals surface area (Å²) in [5.41, 5.74) is 2.04. The van der Waals surface area contributed by atoms with Crippen LogP contribution in [-0.4, -0.2) is 24.7 Å². The molecule has 4 unspecified atom stereocenters. The van der Waals surface area contributed by atoms with Crippen molar-refractivity contribution < 1.29 is 9.53 Å². The summed E-state index contributed by atoms with van der Waals surface area (Å²) in [7, 11) is 0. The van der Waals surface area contributed by atoms with E-state index in [0.29, 0.717) is 5.92 Å². The molecule has 2 aliphatic carbocycles. The molecule has 1 aromatic rings. The molecule has 116 valence electrons. The van der Waals surface area contributed by atoms with Crippen LogP contribution in [0.5, 0.6) is 0 Å². The topological polar surface area (TPSA) is 29.5 Å². The second-order valence-electron chi connectivity index (χ2n) is 8.14. The predicted molar refractivity (Wildman–Crippen MR) is 84.7 cm³/mol. The minimum Gasteiger partial charge on any atom is -0.364 e. The lowest BCUT2D eigenvalue weighted by Crippen LogP contribution is -2.56. The van der Waals surface area contributed by atoms with Gasteiger partial charge in [-0.05, 0) is 43.2 Å². The molecule has 5 rings (SSSR count). The Balaban J connectivity index is 1.58. The van der Waals surface area contributed by atoms with Gasteiger partial charge in [-0.1, -0.05) is 32.0 Å². The number of anilines is 1. The highest BCUT2D eigenvalue weighted by atomic mass is 16.5. The van der Waals surface area contributed by atoms with Gasteiger partial charge in [-0.3, -0.25) is 4.79 Å². The molecule has 1 saturated heterocycles. The van der Waals surface area contributed by atoms with E-state index in [0.717, 1.165) is 38.1 Å². The normalized spacial score (nSPS) is 44.6. The third-order valence-corrected chi connectivity index (χ3v) is 7.68. The highest BCUT2D eigenvalue weighted by Gasteiger charge is 2.79. The van der Waals surface area contributed by atoms with Crippen LogP contribution in [0.2, 0.25) is 0 Å². The van der Waals surface area contributed by atoms with Crippen molar-refractivity contribution in [1.82, 2.24) is 0 Å². The second-order valence-corrected chi connectivity index (χ2v) is 8.14. The Labute approximate surface area is 131 Å². The Morgan fingerprint density at radius 1 is 1.32 bits per heavy atom. The quantitative estimate of drug-likeness (QED) is 0.797. The van der Waals surface area contributed by atoms with Crippen LogP contribution in [0.4, 0.5) is 5.69 Å². The molecule has 3 fully saturated rings. The molecule has 22 heavy (non-hydrogen) atoms. The number of hydrogen-bond acceptors (Lipinski definition) is 2. The summed E-state index contributed by atoms with van der Waals surface area (Å²) in [4.78, 5) is 15.5. The Bertz CT molecular complexity index is 686. The van der Waals surface area contributed by atoms with E-state index in [2.05, 4.69) is 32.0 Å². The van der Waals surface area contributed by atoms with Crippen molar-refractivity contribution >= 4 is 11.6 Å². The van der Waals surface area contributed by atoms with Gasteiger partial charge in [0.1, 0.15) is 0 Å². The third kappa shape index (κ3) is 1.16. The van der Waals surface area contributed by atoms with Gasteiger partial charge in [0, 0.05) is 23.1 Å². The first kappa shape index (κ1) is 13.1. The molecule has 2 heterocycles. The van der Waals surface area contributed by atoms with Crippen molar-refractivity contribution in [2.24, 2.45) is 16.7 Å². The van der Waals surface area contributed by atoms with Gasteiger partial charge in [-0.2, -0.15) is 0 Å². The first-order chi connectivity index (χ1) is 10.5. The summed E-state index contributed by atoms with van der Waals surface area (Å²) < 4.78 is 6.28. The van der Waals surface area contributed by atoms with Gasteiger partial charge in [0.25, 0.3) is 5.91 Å². The van der Waals surface area contributed by atoms with Gasteiger partial charge in [-0.15, -0.1) is 0 Å². The lowest BCUT2D eigenvalue weighted by molar-refractivity contribution is -0.152. The zero-order chi connectivity index (χ0) is 15.2. The number of para-hydroxylation sites is 1. The molecular weight excluding hydrogens is 274 g/mol. The van der Waals surface area contributed by atoms with Crippen LogP contribution in [0.25, 0.3) is 0 Å². The van der Waals surface area contributed by atoms with Crippen molar-refractivity contribution in [3.8, 4) is 0 Å². The SMILES string of the molecule is CC12COC3(C(=O)N4CCc5ccccc54)CC1CCC32C. The molecule has 0 N–H and O–H groups in total. The molecule has 1 aromatic carbocycles. The monoisotopic (exact) mass is 297 g/mol. The maximum absolute atomic E-state index is 13.5. The molecular formula is C19H23NO2. The van der Waals surface area contributed by atoms with Crippen molar-refractivity contribution in [1.29, 1.82) is 0 Å². The van der Waals surface area contributed by atoms with Crippen LogP contribution in [-0.2, 0) is 16.0 Å². The summed E-state index contributed by atoms with van der Waals surface area (Å²) in [6, 6.07) is 8.32. The second kappa shape index (κ2) is 3.76. The van der Waals surface area contributed by atoms with Crippen molar-refractivity contribution in [3.63, 3.8) is 0 Å². The lowest BCUT2D eigenvalue weighted by atomic mass is 9.66. The van der Waals surface area contributed by atoms with Crippen LogP contribution >= 0.6 is 0 Å². The van der Waals surface area contributed by atoms with E-state index in [1.54, 1.807) is 0 Å². The number of fused-ring (bicyclic) bond motifs is 1. The fraction of sp³-hybridized carbons (Fsp3) is 0.632. The van der Waals surface area contributed by atoms with E-state index in [9.17, 15) is 4.79 Å². The van der Waals surface area contributed by atoms with Gasteiger partial charge in [-0.25, -0.2) is 0 Å². The zero-order valence-corrected chi connectivity index (χ0v) is 13.4. The lowest BCUT2D eigenvalue weighted by Gasteiger charge is -2.42. The zero-order valence-electron chi connectivity index (χ0n) is 13.4. The largest absolute Gasteiger partial charge is 0.364 e. The van der Waals surface area contributed by atoms with Crippen molar-refractivity contribution in [2.75, 3.05) is 18.1 Å². The Hall–Kier alpha value is -1.35. The van der Waals surface area contributed by atoms with E-state index in [-0.39, 0.29) is 16.7 Å². The molecule has 4 atom stereocenters. The van der Waals surface area contributed by atoms with Crippen LogP contribution < -0.4 is 4.90 Å². The number of nitrogens with zero attached hydrogens (tertiary/aromatic N) is 1. The number of benzene rings is 1. The smallest absolute Gasteiger partial charge is 0.259 e. The Morgan fingerprint density at radius 2 is 2.14 bits per heavy atom. The van der Waals surface area contributed by atoms with E-state index in [4.69, 9.17) is 4.74 Å². The minimum atomic E-state index is -0.567. The molecule has 2 aliphatic heterocycles. The van der Waals surface area contributed by atoms with Crippen molar-refractivity contribution in [3.05, 3.63) is 29.8 Å². The summed E-state index contributed by atoms with van der Waals surface area (Å²) in [5.74, 6) is 0.888. The van der Waals surface area contributed by atoms with E-state index in [1.165, 1.54) is 12.0 Å². The van der Waals surface area contributed by atoms with Gasteiger partial charge in [0.2, 0.25) is 0 Å². The summed E-state index contributed by atoms with van der Waals surface area (Å²) in [6.45, 7) is 6.23. The van der Waals surface area contributed by atoms with Gasteiger partial charge in [0.05, 0.1) is 6.61 Å². The summed E-state index contributed by atoms with van der Waals surface area (Å²) >= 11 is 0. The average molecular weight is 297 g/mol. The maximum Gasteiger partial charge on any atom is 0.259 e. The standard InChI is InChI=1S/C19H23NO2/c1-17-12-22-19(11-14(17)7-9-18(17,19)2)16(21)20-10-8-13-5-3-4-6-15(13)20/h3-6,14H,7-12H2,1-2H3. The van der Waals surface area contributed by atoms with Crippen molar-refractivity contribution in [2.45, 2.75) is 45.1 Å². The number of amides is 1. The number of carbonyl (C=O) groups is 1. The first-order valence-electron chi connectivity index (χ1n) is 8.56. The fourth-order valence-corrected chi connectivity index (χ4v) is 6.00. The highest BCUT2D eigenvalue weighted by Crippen LogP contribution is 2.75. The molecule has 2 saturated carbocycles. The average Bonchev–Trinajstić information content (AvgIpc) is 3.18. The number of hydrogen-bond donors (Lipinski definition) is 0. The van der Waals surface area contributed by atoms with Crippen LogP contribution in [0, 0.1) is 16.7 Å². The van der Waals surface area contributed by atoms with E-state index >= 15 is 0 Å². The number of ether oxygens (including phenoxy) is 1. The van der Waals surface area contributed by atoms with Gasteiger partial charge < -0.3 is 9.64 Å². The van der Waals surface area contributed by atoms with Crippen LogP contribution in [0.15, 0.2) is 24.3 Å². The number of carbonyl (C=O) groups excluding carboxylic acids is 1.